The van der Waals surface area contributed by atoms with Crippen LogP contribution in [0.3, 0.4) is 0 Å². The lowest BCUT2D eigenvalue weighted by molar-refractivity contribution is -0.138. The van der Waals surface area contributed by atoms with Crippen LogP contribution in [0.4, 0.5) is 13.2 Å². The Bertz CT molecular complexity index is 338. The average Bonchev–Trinajstić information content (AvgIpc) is 2.25. The molecule has 0 spiro atoms. The number of halogens is 3. The lowest BCUT2D eigenvalue weighted by Crippen LogP contribution is -2.21. The van der Waals surface area contributed by atoms with E-state index in [0.29, 0.717) is 0 Å². The average molecular weight is 233 g/mol. The molecule has 16 heavy (non-hydrogen) atoms. The zero-order valence-electron chi connectivity index (χ0n) is 8.88. The molecule has 1 aromatic carbocycles. The monoisotopic (exact) mass is 233 g/mol. The van der Waals surface area contributed by atoms with Crippen molar-refractivity contribution in [2.75, 3.05) is 13.7 Å². The number of hydrogen-bond donors (Lipinski definition) is 2. The van der Waals surface area contributed by atoms with Crippen LogP contribution >= 0.6 is 0 Å². The Morgan fingerprint density at radius 3 is 2.44 bits per heavy atom. The first kappa shape index (κ1) is 13.0. The molecular weight excluding hydrogens is 219 g/mol. The number of nitrogens with one attached hydrogen (secondary N) is 1. The molecule has 2 nitrogen and oxygen atoms in total. The Morgan fingerprint density at radius 1 is 1.31 bits per heavy atom. The lowest BCUT2D eigenvalue weighted by atomic mass is 9.98. The SMILES string of the molecule is CNC(CCO)c1ccccc1C(F)(F)F. The molecule has 1 aromatic rings. The van der Waals surface area contributed by atoms with E-state index >= 15 is 0 Å². The minimum Gasteiger partial charge on any atom is -0.396 e. The van der Waals surface area contributed by atoms with Crippen LogP contribution in [0.5, 0.6) is 0 Å². The van der Waals surface area contributed by atoms with Crippen LogP contribution in [0, 0.1) is 0 Å². The Morgan fingerprint density at radius 2 is 1.94 bits per heavy atom. The predicted octanol–water partition coefficient (Wildman–Crippen LogP) is 2.35. The summed E-state index contributed by atoms with van der Waals surface area (Å²) in [5, 5.41) is 11.6. The molecule has 1 rings (SSSR count). The molecule has 0 heterocycles. The Labute approximate surface area is 92.1 Å². The summed E-state index contributed by atoms with van der Waals surface area (Å²) in [6.45, 7) is -0.155. The van der Waals surface area contributed by atoms with Crippen molar-refractivity contribution in [1.82, 2.24) is 5.32 Å². The van der Waals surface area contributed by atoms with Crippen molar-refractivity contribution in [3.8, 4) is 0 Å². The van der Waals surface area contributed by atoms with E-state index in [-0.39, 0.29) is 18.6 Å². The van der Waals surface area contributed by atoms with E-state index in [1.54, 1.807) is 13.1 Å². The summed E-state index contributed by atoms with van der Waals surface area (Å²) >= 11 is 0. The van der Waals surface area contributed by atoms with E-state index in [1.807, 2.05) is 0 Å². The molecule has 0 aliphatic rings. The van der Waals surface area contributed by atoms with Gasteiger partial charge in [-0.05, 0) is 25.1 Å². The van der Waals surface area contributed by atoms with Gasteiger partial charge in [0.25, 0.3) is 0 Å². The molecule has 0 radical (unpaired) electrons. The minimum absolute atomic E-state index is 0.155. The number of benzene rings is 1. The number of aliphatic hydroxyl groups excluding tert-OH is 1. The van der Waals surface area contributed by atoms with Gasteiger partial charge in [0.2, 0.25) is 0 Å². The smallest absolute Gasteiger partial charge is 0.396 e. The van der Waals surface area contributed by atoms with E-state index in [1.165, 1.54) is 12.1 Å². The summed E-state index contributed by atoms with van der Waals surface area (Å²) in [5.41, 5.74) is -0.477. The summed E-state index contributed by atoms with van der Waals surface area (Å²) in [4.78, 5) is 0. The molecule has 0 aromatic heterocycles. The molecule has 0 fully saturated rings. The number of alkyl halides is 3. The van der Waals surface area contributed by atoms with Gasteiger partial charge in [0.15, 0.2) is 0 Å². The van der Waals surface area contributed by atoms with E-state index < -0.39 is 17.8 Å². The molecule has 90 valence electrons. The fourth-order valence-electron chi connectivity index (χ4n) is 1.64. The predicted molar refractivity (Wildman–Crippen MR) is 54.9 cm³/mol. The molecule has 0 bridgehead atoms. The normalized spacial score (nSPS) is 13.8. The van der Waals surface area contributed by atoms with Gasteiger partial charge in [0.1, 0.15) is 0 Å². The van der Waals surface area contributed by atoms with Crippen molar-refractivity contribution in [2.24, 2.45) is 0 Å². The Kier molecular flexibility index (Phi) is 4.32. The molecule has 0 saturated heterocycles. The van der Waals surface area contributed by atoms with Crippen molar-refractivity contribution in [3.05, 3.63) is 35.4 Å². The van der Waals surface area contributed by atoms with Gasteiger partial charge in [-0.1, -0.05) is 18.2 Å². The second kappa shape index (κ2) is 5.32. The highest BCUT2D eigenvalue weighted by molar-refractivity contribution is 5.32. The second-order valence-corrected chi connectivity index (χ2v) is 3.44. The summed E-state index contributed by atoms with van der Waals surface area (Å²) in [5.74, 6) is 0. The largest absolute Gasteiger partial charge is 0.416 e. The molecular formula is C11H14F3NO. The fourth-order valence-corrected chi connectivity index (χ4v) is 1.64. The van der Waals surface area contributed by atoms with Crippen LogP contribution in [-0.4, -0.2) is 18.8 Å². The fraction of sp³-hybridized carbons (Fsp3) is 0.455. The maximum atomic E-state index is 12.7. The van der Waals surface area contributed by atoms with Crippen molar-refractivity contribution < 1.29 is 18.3 Å². The van der Waals surface area contributed by atoms with Crippen LogP contribution in [0.2, 0.25) is 0 Å². The molecule has 0 amide bonds. The van der Waals surface area contributed by atoms with Gasteiger partial charge >= 0.3 is 6.18 Å². The summed E-state index contributed by atoms with van der Waals surface area (Å²) in [6, 6.07) is 4.92. The quantitative estimate of drug-likeness (QED) is 0.836. The molecule has 1 atom stereocenters. The first-order chi connectivity index (χ1) is 7.50. The van der Waals surface area contributed by atoms with E-state index in [4.69, 9.17) is 5.11 Å². The Hall–Kier alpha value is -1.07. The molecule has 0 aliphatic carbocycles. The van der Waals surface area contributed by atoms with Gasteiger partial charge in [-0.25, -0.2) is 0 Å². The van der Waals surface area contributed by atoms with Crippen LogP contribution in [0.1, 0.15) is 23.6 Å². The van der Waals surface area contributed by atoms with Gasteiger partial charge in [0.05, 0.1) is 5.56 Å². The van der Waals surface area contributed by atoms with Crippen molar-refractivity contribution in [3.63, 3.8) is 0 Å². The zero-order valence-corrected chi connectivity index (χ0v) is 8.88. The van der Waals surface area contributed by atoms with E-state index in [9.17, 15) is 13.2 Å². The highest BCUT2D eigenvalue weighted by Gasteiger charge is 2.34. The highest BCUT2D eigenvalue weighted by Crippen LogP contribution is 2.35. The second-order valence-electron chi connectivity index (χ2n) is 3.44. The molecule has 0 saturated carbocycles. The van der Waals surface area contributed by atoms with Gasteiger partial charge in [-0.2, -0.15) is 13.2 Å². The number of rotatable bonds is 4. The standard InChI is InChI=1S/C11H14F3NO/c1-15-10(6-7-16)8-4-2-3-5-9(8)11(12,13)14/h2-5,10,15-16H,6-7H2,1H3. The van der Waals surface area contributed by atoms with Gasteiger partial charge in [0, 0.05) is 12.6 Å². The summed E-state index contributed by atoms with van der Waals surface area (Å²) < 4.78 is 38.1. The molecule has 0 aliphatic heterocycles. The summed E-state index contributed by atoms with van der Waals surface area (Å²) in [6.07, 6.45) is -4.11. The van der Waals surface area contributed by atoms with Crippen molar-refractivity contribution in [1.29, 1.82) is 0 Å². The minimum atomic E-state index is -4.36. The highest BCUT2D eigenvalue weighted by atomic mass is 19.4. The number of aliphatic hydroxyl groups is 1. The van der Waals surface area contributed by atoms with E-state index in [0.717, 1.165) is 6.07 Å². The lowest BCUT2D eigenvalue weighted by Gasteiger charge is -2.20. The molecule has 5 heteroatoms. The van der Waals surface area contributed by atoms with Gasteiger partial charge in [-0.3, -0.25) is 0 Å². The van der Waals surface area contributed by atoms with Crippen molar-refractivity contribution in [2.45, 2.75) is 18.6 Å². The maximum Gasteiger partial charge on any atom is 0.416 e. The number of hydrogen-bond acceptors (Lipinski definition) is 2. The van der Waals surface area contributed by atoms with Crippen LogP contribution in [-0.2, 0) is 6.18 Å². The topological polar surface area (TPSA) is 32.3 Å². The van der Waals surface area contributed by atoms with Crippen LogP contribution < -0.4 is 5.32 Å². The first-order valence-corrected chi connectivity index (χ1v) is 4.95. The third-order valence-electron chi connectivity index (χ3n) is 2.41. The van der Waals surface area contributed by atoms with Crippen LogP contribution in [0.25, 0.3) is 0 Å². The Balaban J connectivity index is 3.11. The van der Waals surface area contributed by atoms with Crippen LogP contribution in [0.15, 0.2) is 24.3 Å². The first-order valence-electron chi connectivity index (χ1n) is 4.95. The maximum absolute atomic E-state index is 12.7. The molecule has 1 unspecified atom stereocenters. The third kappa shape index (κ3) is 2.96. The van der Waals surface area contributed by atoms with E-state index in [2.05, 4.69) is 5.32 Å². The zero-order chi connectivity index (χ0) is 12.2. The summed E-state index contributed by atoms with van der Waals surface area (Å²) in [7, 11) is 1.58. The third-order valence-corrected chi connectivity index (χ3v) is 2.41. The van der Waals surface area contributed by atoms with Crippen molar-refractivity contribution >= 4 is 0 Å². The van der Waals surface area contributed by atoms with Gasteiger partial charge < -0.3 is 10.4 Å². The molecule has 2 N–H and O–H groups in total. The van der Waals surface area contributed by atoms with Gasteiger partial charge in [-0.15, -0.1) is 0 Å².